The van der Waals surface area contributed by atoms with Gasteiger partial charge in [-0.2, -0.15) is 0 Å². The first-order valence-electron chi connectivity index (χ1n) is 8.48. The Kier molecular flexibility index (Phi) is 5.92. The molecule has 0 radical (unpaired) electrons. The Bertz CT molecular complexity index is 478. The van der Waals surface area contributed by atoms with Crippen LogP contribution >= 0.6 is 11.3 Å². The topological polar surface area (TPSA) is 0 Å². The number of thiophene rings is 1. The molecule has 0 amide bonds. The summed E-state index contributed by atoms with van der Waals surface area (Å²) in [5.41, 5.74) is 1.91. The third-order valence-corrected chi connectivity index (χ3v) is 24.0. The second kappa shape index (κ2) is 6.96. The zero-order chi connectivity index (χ0) is 15.7. The van der Waals surface area contributed by atoms with Crippen molar-refractivity contribution in [3.63, 3.8) is 0 Å². The summed E-state index contributed by atoms with van der Waals surface area (Å²) in [6.45, 7) is 8.53. The van der Waals surface area contributed by atoms with Crippen LogP contribution in [0, 0.1) is 0 Å². The van der Waals surface area contributed by atoms with Gasteiger partial charge in [-0.1, -0.05) is 0 Å². The zero-order valence-corrected chi connectivity index (χ0v) is 19.4. The van der Waals surface area contributed by atoms with Crippen molar-refractivity contribution < 1.29 is 0 Å². The van der Waals surface area contributed by atoms with Crippen LogP contribution in [0.4, 0.5) is 0 Å². The summed E-state index contributed by atoms with van der Waals surface area (Å²) in [5.74, 6) is 0. The van der Waals surface area contributed by atoms with Gasteiger partial charge in [0.2, 0.25) is 0 Å². The van der Waals surface area contributed by atoms with Gasteiger partial charge < -0.3 is 0 Å². The summed E-state index contributed by atoms with van der Waals surface area (Å²) in [5, 5.41) is 2.27. The second-order valence-corrected chi connectivity index (χ2v) is 30.2. The van der Waals surface area contributed by atoms with Crippen molar-refractivity contribution in [3.05, 3.63) is 26.2 Å². The molecule has 1 aromatic rings. The third kappa shape index (κ3) is 4.51. The van der Waals surface area contributed by atoms with Gasteiger partial charge in [-0.3, -0.25) is 0 Å². The SMILES string of the molecule is C[Si](C)(C)/[C](=C1\CCCCCB1c1cccs1)[Sn]([CH3])([CH3])[CH3]. The Balaban J connectivity index is 2.58. The van der Waals surface area contributed by atoms with Gasteiger partial charge in [0, 0.05) is 0 Å². The Morgan fingerprint density at radius 3 is 2.38 bits per heavy atom. The summed E-state index contributed by atoms with van der Waals surface area (Å²) >= 11 is -0.0528. The van der Waals surface area contributed by atoms with Crippen molar-refractivity contribution in [3.8, 4) is 0 Å². The monoisotopic (exact) mass is 426 g/mol. The van der Waals surface area contributed by atoms with Crippen molar-refractivity contribution in [2.45, 2.75) is 66.5 Å². The van der Waals surface area contributed by atoms with Crippen LogP contribution in [0.2, 0.25) is 40.8 Å². The molecule has 21 heavy (non-hydrogen) atoms. The number of allylic oxidation sites excluding steroid dienone is 1. The average Bonchev–Trinajstić information content (AvgIpc) is 2.74. The molecule has 0 N–H and O–H groups in total. The number of rotatable bonds is 3. The first-order chi connectivity index (χ1) is 9.71. The molecule has 1 fully saturated rings. The number of hydrogen-bond donors (Lipinski definition) is 0. The fourth-order valence-corrected chi connectivity index (χ4v) is 31.7. The minimum absolute atomic E-state index is 0.755. The predicted octanol–water partition coefficient (Wildman–Crippen LogP) is 5.61. The average molecular weight is 425 g/mol. The molecule has 0 saturated carbocycles. The molecule has 0 spiro atoms. The van der Waals surface area contributed by atoms with Crippen LogP contribution in [-0.2, 0) is 0 Å². The van der Waals surface area contributed by atoms with E-state index in [2.05, 4.69) is 55.2 Å². The van der Waals surface area contributed by atoms with Gasteiger partial charge in [-0.25, -0.2) is 0 Å². The zero-order valence-electron chi connectivity index (χ0n) is 14.8. The molecular formula is C17H31BSSiSn. The van der Waals surface area contributed by atoms with Crippen molar-refractivity contribution in [2.24, 2.45) is 0 Å². The molecule has 4 heteroatoms. The van der Waals surface area contributed by atoms with Crippen LogP contribution in [0.15, 0.2) is 26.2 Å². The molecule has 0 unspecified atom stereocenters. The molecule has 1 aliphatic heterocycles. The Labute approximate surface area is 141 Å². The predicted molar refractivity (Wildman–Crippen MR) is 107 cm³/mol. The molecule has 1 aliphatic rings. The van der Waals surface area contributed by atoms with Gasteiger partial charge in [0.25, 0.3) is 0 Å². The normalized spacial score (nSPS) is 20.4. The second-order valence-electron chi connectivity index (χ2n) is 8.57. The van der Waals surface area contributed by atoms with E-state index in [0.29, 0.717) is 0 Å². The van der Waals surface area contributed by atoms with E-state index in [-0.39, 0.29) is 0 Å². The quantitative estimate of drug-likeness (QED) is 0.553. The molecular weight excluding hydrogens is 394 g/mol. The van der Waals surface area contributed by atoms with Crippen molar-refractivity contribution in [1.29, 1.82) is 0 Å². The van der Waals surface area contributed by atoms with Crippen molar-refractivity contribution in [2.75, 3.05) is 0 Å². The number of hydrogen-bond acceptors (Lipinski definition) is 1. The molecule has 1 aromatic heterocycles. The van der Waals surface area contributed by atoms with Crippen LogP contribution in [0.3, 0.4) is 0 Å². The van der Waals surface area contributed by atoms with Gasteiger partial charge >= 0.3 is 142 Å². The first kappa shape index (κ1) is 17.9. The molecule has 0 bridgehead atoms. The van der Waals surface area contributed by atoms with E-state index >= 15 is 0 Å². The molecule has 116 valence electrons. The first-order valence-corrected chi connectivity index (χ1v) is 22.9. The Hall–Kier alpha value is 0.521. The standard InChI is InChI=1S/C14H22BSSi.3CH3.Sn/c1-17(2,3)12-13-8-5-4-6-10-15(13)14-9-7-11-16-14;;;;/h7,9,11H,4-6,8,10H2,1-3H3;3*1H3;. The molecule has 2 rings (SSSR count). The van der Waals surface area contributed by atoms with E-state index in [1.54, 1.807) is 4.78 Å². The fraction of sp³-hybridized carbons (Fsp3) is 0.647. The van der Waals surface area contributed by atoms with Gasteiger partial charge in [0.05, 0.1) is 0 Å². The molecule has 0 aromatic carbocycles. The minimum atomic E-state index is -2.04. The van der Waals surface area contributed by atoms with Crippen LogP contribution in [0.5, 0.6) is 0 Å². The summed E-state index contributed by atoms with van der Waals surface area (Å²) < 4.78 is 3.69. The third-order valence-electron chi connectivity index (χ3n) is 4.57. The fourth-order valence-electron chi connectivity index (χ4n) is 4.38. The van der Waals surface area contributed by atoms with E-state index in [0.717, 1.165) is 6.71 Å². The van der Waals surface area contributed by atoms with E-state index in [1.165, 1.54) is 32.0 Å². The van der Waals surface area contributed by atoms with Gasteiger partial charge in [0.15, 0.2) is 0 Å². The Morgan fingerprint density at radius 1 is 1.14 bits per heavy atom. The summed E-state index contributed by atoms with van der Waals surface area (Å²) in [6, 6.07) is 4.64. The maximum atomic E-state index is 2.64. The van der Waals surface area contributed by atoms with Crippen LogP contribution in [-0.4, -0.2) is 33.2 Å². The van der Waals surface area contributed by atoms with Gasteiger partial charge in [-0.15, -0.1) is 0 Å². The summed E-state index contributed by atoms with van der Waals surface area (Å²) in [6.07, 6.45) is 7.06. The molecule has 0 nitrogen and oxygen atoms in total. The van der Waals surface area contributed by atoms with Crippen LogP contribution < -0.4 is 4.78 Å². The van der Waals surface area contributed by atoms with E-state index < -0.39 is 26.5 Å². The van der Waals surface area contributed by atoms with E-state index in [1.807, 2.05) is 16.8 Å². The van der Waals surface area contributed by atoms with Gasteiger partial charge in [0.1, 0.15) is 0 Å². The molecule has 0 aliphatic carbocycles. The van der Waals surface area contributed by atoms with Gasteiger partial charge in [-0.05, 0) is 0 Å². The van der Waals surface area contributed by atoms with E-state index in [9.17, 15) is 0 Å². The maximum absolute atomic E-state index is 2.64. The summed E-state index contributed by atoms with van der Waals surface area (Å²) in [4.78, 5) is 7.93. The molecule has 0 atom stereocenters. The molecule has 2 heterocycles. The van der Waals surface area contributed by atoms with E-state index in [4.69, 9.17) is 0 Å². The van der Waals surface area contributed by atoms with Crippen molar-refractivity contribution >= 4 is 49.3 Å². The Morgan fingerprint density at radius 2 is 1.86 bits per heavy atom. The molecule has 1 saturated heterocycles. The van der Waals surface area contributed by atoms with Crippen LogP contribution in [0.25, 0.3) is 0 Å². The van der Waals surface area contributed by atoms with Crippen LogP contribution in [0.1, 0.15) is 25.7 Å². The summed E-state index contributed by atoms with van der Waals surface area (Å²) in [7, 11) is -1.21. The van der Waals surface area contributed by atoms with Crippen molar-refractivity contribution in [1.82, 2.24) is 0 Å².